The molecule has 3 rings (SSSR count). The average Bonchev–Trinajstić information content (AvgIpc) is 2.30. The van der Waals surface area contributed by atoms with Crippen molar-refractivity contribution < 1.29 is 5.11 Å². The highest BCUT2D eigenvalue weighted by molar-refractivity contribution is 5.88. The van der Waals surface area contributed by atoms with Crippen LogP contribution in [0, 0.1) is 0 Å². The Hall–Kier alpha value is -1.35. The maximum atomic E-state index is 10.2. The summed E-state index contributed by atoms with van der Waals surface area (Å²) in [5, 5.41) is 10.2. The van der Waals surface area contributed by atoms with Crippen molar-refractivity contribution in [1.29, 1.82) is 0 Å². The molecule has 1 atom stereocenters. The van der Waals surface area contributed by atoms with Gasteiger partial charge in [-0.1, -0.05) is 18.2 Å². The molecule has 1 unspecified atom stereocenters. The van der Waals surface area contributed by atoms with Crippen molar-refractivity contribution >= 4 is 11.5 Å². The van der Waals surface area contributed by atoms with Crippen LogP contribution < -0.4 is 0 Å². The SMILES string of the molecule is OC1c2ccccc2N=C2CCCCN21. The molecule has 1 saturated heterocycles. The lowest BCUT2D eigenvalue weighted by molar-refractivity contribution is 0.0431. The Kier molecular flexibility index (Phi) is 1.99. The van der Waals surface area contributed by atoms with Crippen molar-refractivity contribution in [3.63, 3.8) is 0 Å². The van der Waals surface area contributed by atoms with E-state index in [4.69, 9.17) is 0 Å². The number of hydrogen-bond donors (Lipinski definition) is 1. The molecule has 0 amide bonds. The monoisotopic (exact) mass is 202 g/mol. The van der Waals surface area contributed by atoms with Crippen molar-refractivity contribution in [2.75, 3.05) is 6.54 Å². The minimum Gasteiger partial charge on any atom is -0.369 e. The molecule has 3 heteroatoms. The third-order valence-corrected chi connectivity index (χ3v) is 3.14. The minimum atomic E-state index is -0.492. The summed E-state index contributed by atoms with van der Waals surface area (Å²) in [6.45, 7) is 0.925. The maximum Gasteiger partial charge on any atom is 0.156 e. The molecule has 1 aromatic carbocycles. The van der Waals surface area contributed by atoms with Crippen LogP contribution in [0.3, 0.4) is 0 Å². The Balaban J connectivity index is 2.09. The lowest BCUT2D eigenvalue weighted by Crippen LogP contribution is -2.40. The Morgan fingerprint density at radius 1 is 1.27 bits per heavy atom. The highest BCUT2D eigenvalue weighted by atomic mass is 16.3. The van der Waals surface area contributed by atoms with Gasteiger partial charge in [-0.2, -0.15) is 0 Å². The minimum absolute atomic E-state index is 0.492. The zero-order chi connectivity index (χ0) is 10.3. The molecule has 2 aliphatic heterocycles. The number of piperidine rings is 1. The third kappa shape index (κ3) is 1.35. The second kappa shape index (κ2) is 3.35. The third-order valence-electron chi connectivity index (χ3n) is 3.14. The molecule has 0 saturated carbocycles. The first kappa shape index (κ1) is 8.92. The Bertz CT molecular complexity index is 414. The van der Waals surface area contributed by atoms with Gasteiger partial charge in [0.05, 0.1) is 5.69 Å². The number of amidine groups is 1. The van der Waals surface area contributed by atoms with E-state index in [1.165, 1.54) is 6.42 Å². The topological polar surface area (TPSA) is 35.8 Å². The standard InChI is InChI=1S/C12H14N2O/c15-12-9-5-1-2-6-10(9)13-11-7-3-4-8-14(11)12/h1-2,5-6,12,15H,3-4,7-8H2. The van der Waals surface area contributed by atoms with Gasteiger partial charge in [-0.05, 0) is 18.9 Å². The Morgan fingerprint density at radius 3 is 3.07 bits per heavy atom. The number of benzene rings is 1. The van der Waals surface area contributed by atoms with Crippen LogP contribution in [0.25, 0.3) is 0 Å². The van der Waals surface area contributed by atoms with Crippen molar-refractivity contribution in [2.45, 2.75) is 25.5 Å². The van der Waals surface area contributed by atoms with E-state index in [0.29, 0.717) is 0 Å². The van der Waals surface area contributed by atoms with Crippen molar-refractivity contribution in [2.24, 2.45) is 4.99 Å². The molecular weight excluding hydrogens is 188 g/mol. The number of hydrogen-bond acceptors (Lipinski definition) is 3. The lowest BCUT2D eigenvalue weighted by Gasteiger charge is -2.37. The van der Waals surface area contributed by atoms with Crippen LogP contribution in [0.5, 0.6) is 0 Å². The highest BCUT2D eigenvalue weighted by Gasteiger charge is 2.29. The van der Waals surface area contributed by atoms with Gasteiger partial charge in [0.15, 0.2) is 6.23 Å². The van der Waals surface area contributed by atoms with Crippen LogP contribution in [0.2, 0.25) is 0 Å². The van der Waals surface area contributed by atoms with Gasteiger partial charge in [-0.3, -0.25) is 0 Å². The number of rotatable bonds is 0. The molecule has 0 aliphatic carbocycles. The fourth-order valence-corrected chi connectivity index (χ4v) is 2.34. The van der Waals surface area contributed by atoms with Crippen LogP contribution in [-0.4, -0.2) is 22.4 Å². The van der Waals surface area contributed by atoms with Gasteiger partial charge in [-0.25, -0.2) is 4.99 Å². The van der Waals surface area contributed by atoms with Crippen LogP contribution >= 0.6 is 0 Å². The summed E-state index contributed by atoms with van der Waals surface area (Å²) in [6.07, 6.45) is 2.84. The van der Waals surface area contributed by atoms with Gasteiger partial charge in [0, 0.05) is 18.5 Å². The predicted octanol–water partition coefficient (Wildman–Crippen LogP) is 2.21. The first-order valence-corrected chi connectivity index (χ1v) is 5.47. The molecule has 0 radical (unpaired) electrons. The zero-order valence-corrected chi connectivity index (χ0v) is 8.56. The van der Waals surface area contributed by atoms with Gasteiger partial charge >= 0.3 is 0 Å². The van der Waals surface area contributed by atoms with E-state index in [9.17, 15) is 5.11 Å². The molecule has 15 heavy (non-hydrogen) atoms. The lowest BCUT2D eigenvalue weighted by atomic mass is 10.0. The van der Waals surface area contributed by atoms with Crippen LogP contribution in [0.15, 0.2) is 29.3 Å². The summed E-state index contributed by atoms with van der Waals surface area (Å²) in [7, 11) is 0. The smallest absolute Gasteiger partial charge is 0.156 e. The zero-order valence-electron chi connectivity index (χ0n) is 8.56. The predicted molar refractivity (Wildman–Crippen MR) is 59.1 cm³/mol. The van der Waals surface area contributed by atoms with Gasteiger partial charge in [0.1, 0.15) is 5.84 Å². The second-order valence-electron chi connectivity index (χ2n) is 4.11. The van der Waals surface area contributed by atoms with Crippen molar-refractivity contribution in [3.8, 4) is 0 Å². The number of aliphatic hydroxyl groups excluding tert-OH is 1. The van der Waals surface area contributed by atoms with Gasteiger partial charge < -0.3 is 10.0 Å². The highest BCUT2D eigenvalue weighted by Crippen LogP contribution is 2.35. The van der Waals surface area contributed by atoms with Gasteiger partial charge in [0.2, 0.25) is 0 Å². The number of para-hydroxylation sites is 1. The normalized spacial score (nSPS) is 24.2. The Morgan fingerprint density at radius 2 is 2.13 bits per heavy atom. The van der Waals surface area contributed by atoms with Crippen molar-refractivity contribution in [3.05, 3.63) is 29.8 Å². The molecule has 78 valence electrons. The molecule has 2 heterocycles. The molecule has 3 nitrogen and oxygen atoms in total. The summed E-state index contributed by atoms with van der Waals surface area (Å²) in [5.41, 5.74) is 1.86. The van der Waals surface area contributed by atoms with E-state index in [0.717, 1.165) is 36.5 Å². The molecule has 1 N–H and O–H groups in total. The van der Waals surface area contributed by atoms with E-state index >= 15 is 0 Å². The second-order valence-corrected chi connectivity index (χ2v) is 4.11. The van der Waals surface area contributed by atoms with Crippen LogP contribution in [0.1, 0.15) is 31.1 Å². The largest absolute Gasteiger partial charge is 0.369 e. The summed E-state index contributed by atoms with van der Waals surface area (Å²) >= 11 is 0. The van der Waals surface area contributed by atoms with E-state index < -0.39 is 6.23 Å². The van der Waals surface area contributed by atoms with Crippen LogP contribution in [-0.2, 0) is 0 Å². The van der Waals surface area contributed by atoms with Gasteiger partial charge in [-0.15, -0.1) is 0 Å². The molecule has 0 spiro atoms. The maximum absolute atomic E-state index is 10.2. The first-order chi connectivity index (χ1) is 7.36. The number of nitrogens with zero attached hydrogens (tertiary/aromatic N) is 2. The molecule has 2 aliphatic rings. The molecule has 0 aromatic heterocycles. The summed E-state index contributed by atoms with van der Waals surface area (Å²) in [4.78, 5) is 6.62. The fraction of sp³-hybridized carbons (Fsp3) is 0.417. The fourth-order valence-electron chi connectivity index (χ4n) is 2.34. The molecular formula is C12H14N2O. The number of aliphatic imine (C=N–C) groups is 1. The first-order valence-electron chi connectivity index (χ1n) is 5.47. The summed E-state index contributed by atoms with van der Waals surface area (Å²) in [5.74, 6) is 1.05. The molecule has 0 bridgehead atoms. The van der Waals surface area contributed by atoms with E-state index in [-0.39, 0.29) is 0 Å². The summed E-state index contributed by atoms with van der Waals surface area (Å²) < 4.78 is 0. The Labute approximate surface area is 89.1 Å². The molecule has 1 fully saturated rings. The average molecular weight is 202 g/mol. The summed E-state index contributed by atoms with van der Waals surface area (Å²) in [6, 6.07) is 7.84. The number of aliphatic hydroxyl groups is 1. The van der Waals surface area contributed by atoms with Crippen LogP contribution in [0.4, 0.5) is 5.69 Å². The molecule has 1 aromatic rings. The van der Waals surface area contributed by atoms with Gasteiger partial charge in [0.25, 0.3) is 0 Å². The quantitative estimate of drug-likeness (QED) is 0.700. The number of fused-ring (bicyclic) bond motifs is 2. The van der Waals surface area contributed by atoms with E-state index in [2.05, 4.69) is 4.99 Å². The van der Waals surface area contributed by atoms with E-state index in [1.54, 1.807) is 0 Å². The van der Waals surface area contributed by atoms with E-state index in [1.807, 2.05) is 29.2 Å². The van der Waals surface area contributed by atoms with Crippen molar-refractivity contribution in [1.82, 2.24) is 4.90 Å².